The van der Waals surface area contributed by atoms with E-state index in [2.05, 4.69) is 32.6 Å². The van der Waals surface area contributed by atoms with Gasteiger partial charge in [-0.3, -0.25) is 4.90 Å². The summed E-state index contributed by atoms with van der Waals surface area (Å²) in [6.45, 7) is 10.5. The molecule has 0 unspecified atom stereocenters. The molecule has 0 aliphatic heterocycles. The first-order chi connectivity index (χ1) is 8.00. The molecular weight excluding hydrogens is 212 g/mol. The van der Waals surface area contributed by atoms with Crippen LogP contribution >= 0.6 is 0 Å². The van der Waals surface area contributed by atoms with Crippen LogP contribution in [0.3, 0.4) is 0 Å². The second kappa shape index (κ2) is 6.50. The number of benzene rings is 1. The SMILES string of the molecule is CC(C)N(CCOc1cccc(N)c1)C(C)C. The third kappa shape index (κ3) is 4.65. The van der Waals surface area contributed by atoms with Gasteiger partial charge in [-0.1, -0.05) is 6.07 Å². The van der Waals surface area contributed by atoms with Crippen molar-refractivity contribution in [2.75, 3.05) is 18.9 Å². The molecule has 0 saturated heterocycles. The predicted octanol–water partition coefficient (Wildman–Crippen LogP) is 2.77. The first-order valence-electron chi connectivity index (χ1n) is 6.24. The maximum atomic E-state index is 5.70. The average Bonchev–Trinajstić information content (AvgIpc) is 2.23. The molecule has 1 aromatic rings. The number of hydrogen-bond acceptors (Lipinski definition) is 3. The maximum Gasteiger partial charge on any atom is 0.121 e. The minimum absolute atomic E-state index is 0.541. The molecule has 0 atom stereocenters. The Morgan fingerprint density at radius 3 is 2.35 bits per heavy atom. The Bertz CT molecular complexity index is 329. The summed E-state index contributed by atoms with van der Waals surface area (Å²) in [5.74, 6) is 0.845. The third-order valence-electron chi connectivity index (χ3n) is 2.80. The van der Waals surface area contributed by atoms with Gasteiger partial charge in [0.1, 0.15) is 12.4 Å². The standard InChI is InChI=1S/C14H24N2O/c1-11(2)16(12(3)4)8-9-17-14-7-5-6-13(15)10-14/h5-7,10-12H,8-9,15H2,1-4H3. The second-order valence-corrected chi connectivity index (χ2v) is 4.85. The minimum Gasteiger partial charge on any atom is -0.492 e. The highest BCUT2D eigenvalue weighted by Crippen LogP contribution is 2.14. The van der Waals surface area contributed by atoms with E-state index in [0.717, 1.165) is 18.0 Å². The Morgan fingerprint density at radius 2 is 1.82 bits per heavy atom. The monoisotopic (exact) mass is 236 g/mol. The molecule has 0 amide bonds. The van der Waals surface area contributed by atoms with Gasteiger partial charge in [-0.05, 0) is 39.8 Å². The van der Waals surface area contributed by atoms with Crippen molar-refractivity contribution in [3.8, 4) is 5.75 Å². The molecule has 3 heteroatoms. The molecule has 3 nitrogen and oxygen atoms in total. The fraction of sp³-hybridized carbons (Fsp3) is 0.571. The summed E-state index contributed by atoms with van der Waals surface area (Å²) in [7, 11) is 0. The molecule has 0 radical (unpaired) electrons. The number of rotatable bonds is 6. The van der Waals surface area contributed by atoms with E-state index in [1.807, 2.05) is 24.3 Å². The Balaban J connectivity index is 2.41. The fourth-order valence-corrected chi connectivity index (χ4v) is 1.99. The number of nitrogens with zero attached hydrogens (tertiary/aromatic N) is 1. The molecule has 0 aliphatic carbocycles. The van der Waals surface area contributed by atoms with Crippen molar-refractivity contribution in [1.29, 1.82) is 0 Å². The molecular formula is C14H24N2O. The van der Waals surface area contributed by atoms with E-state index in [9.17, 15) is 0 Å². The summed E-state index contributed by atoms with van der Waals surface area (Å²) < 4.78 is 5.70. The largest absolute Gasteiger partial charge is 0.492 e. The van der Waals surface area contributed by atoms with E-state index >= 15 is 0 Å². The quantitative estimate of drug-likeness (QED) is 0.772. The first-order valence-corrected chi connectivity index (χ1v) is 6.24. The van der Waals surface area contributed by atoms with Gasteiger partial charge in [0.2, 0.25) is 0 Å². The number of nitrogen functional groups attached to an aromatic ring is 1. The van der Waals surface area contributed by atoms with Crippen LogP contribution in [0.1, 0.15) is 27.7 Å². The van der Waals surface area contributed by atoms with Crippen LogP contribution in [0.4, 0.5) is 5.69 Å². The zero-order chi connectivity index (χ0) is 12.8. The van der Waals surface area contributed by atoms with E-state index in [1.54, 1.807) is 0 Å². The van der Waals surface area contributed by atoms with Crippen LogP contribution < -0.4 is 10.5 Å². The van der Waals surface area contributed by atoms with Gasteiger partial charge in [0, 0.05) is 30.4 Å². The molecule has 0 saturated carbocycles. The summed E-state index contributed by atoms with van der Waals surface area (Å²) in [6.07, 6.45) is 0. The van der Waals surface area contributed by atoms with Crippen molar-refractivity contribution < 1.29 is 4.74 Å². The molecule has 0 bridgehead atoms. The first kappa shape index (κ1) is 13.8. The summed E-state index contributed by atoms with van der Waals surface area (Å²) in [4.78, 5) is 2.41. The lowest BCUT2D eigenvalue weighted by Gasteiger charge is -2.30. The van der Waals surface area contributed by atoms with E-state index in [4.69, 9.17) is 10.5 Å². The van der Waals surface area contributed by atoms with Crippen LogP contribution in [-0.2, 0) is 0 Å². The number of hydrogen-bond donors (Lipinski definition) is 1. The lowest BCUT2D eigenvalue weighted by Crippen LogP contribution is -2.39. The van der Waals surface area contributed by atoms with Crippen LogP contribution in [0.15, 0.2) is 24.3 Å². The number of anilines is 1. The molecule has 0 spiro atoms. The van der Waals surface area contributed by atoms with Gasteiger partial charge in [0.05, 0.1) is 0 Å². The Kier molecular flexibility index (Phi) is 5.29. The van der Waals surface area contributed by atoms with Crippen LogP contribution in [-0.4, -0.2) is 30.1 Å². The van der Waals surface area contributed by atoms with Gasteiger partial charge in [0.15, 0.2) is 0 Å². The van der Waals surface area contributed by atoms with Crippen LogP contribution in [0.2, 0.25) is 0 Å². The zero-order valence-electron chi connectivity index (χ0n) is 11.3. The smallest absolute Gasteiger partial charge is 0.121 e. The van der Waals surface area contributed by atoms with Crippen LogP contribution in [0, 0.1) is 0 Å². The van der Waals surface area contributed by atoms with Gasteiger partial charge in [0.25, 0.3) is 0 Å². The maximum absolute atomic E-state index is 5.70. The number of ether oxygens (including phenoxy) is 1. The van der Waals surface area contributed by atoms with E-state index in [1.165, 1.54) is 0 Å². The Hall–Kier alpha value is -1.22. The minimum atomic E-state index is 0.541. The average molecular weight is 236 g/mol. The summed E-state index contributed by atoms with van der Waals surface area (Å²) in [5, 5.41) is 0. The van der Waals surface area contributed by atoms with Gasteiger partial charge in [-0.15, -0.1) is 0 Å². The van der Waals surface area contributed by atoms with Crippen molar-refractivity contribution in [2.45, 2.75) is 39.8 Å². The summed E-state index contributed by atoms with van der Waals surface area (Å²) >= 11 is 0. The van der Waals surface area contributed by atoms with Gasteiger partial charge < -0.3 is 10.5 Å². The van der Waals surface area contributed by atoms with Crippen molar-refractivity contribution in [3.05, 3.63) is 24.3 Å². The highest BCUT2D eigenvalue weighted by Gasteiger charge is 2.12. The van der Waals surface area contributed by atoms with Crippen molar-refractivity contribution in [3.63, 3.8) is 0 Å². The summed E-state index contributed by atoms with van der Waals surface area (Å²) in [5.41, 5.74) is 6.44. The van der Waals surface area contributed by atoms with Gasteiger partial charge in [-0.25, -0.2) is 0 Å². The molecule has 0 aliphatic rings. The zero-order valence-corrected chi connectivity index (χ0v) is 11.3. The van der Waals surface area contributed by atoms with Gasteiger partial charge in [-0.2, -0.15) is 0 Å². The second-order valence-electron chi connectivity index (χ2n) is 4.85. The Morgan fingerprint density at radius 1 is 1.18 bits per heavy atom. The van der Waals surface area contributed by atoms with E-state index in [-0.39, 0.29) is 0 Å². The lowest BCUT2D eigenvalue weighted by atomic mass is 10.2. The van der Waals surface area contributed by atoms with E-state index in [0.29, 0.717) is 18.7 Å². The van der Waals surface area contributed by atoms with Crippen molar-refractivity contribution >= 4 is 5.69 Å². The van der Waals surface area contributed by atoms with Crippen molar-refractivity contribution in [1.82, 2.24) is 4.90 Å². The molecule has 1 aromatic carbocycles. The highest BCUT2D eigenvalue weighted by atomic mass is 16.5. The van der Waals surface area contributed by atoms with Crippen LogP contribution in [0.5, 0.6) is 5.75 Å². The normalized spacial score (nSPS) is 11.5. The summed E-state index contributed by atoms with van der Waals surface area (Å²) in [6, 6.07) is 8.65. The predicted molar refractivity (Wildman–Crippen MR) is 73.3 cm³/mol. The Labute approximate surface area is 105 Å². The van der Waals surface area contributed by atoms with Gasteiger partial charge >= 0.3 is 0 Å². The van der Waals surface area contributed by atoms with E-state index < -0.39 is 0 Å². The third-order valence-corrected chi connectivity index (χ3v) is 2.80. The topological polar surface area (TPSA) is 38.5 Å². The van der Waals surface area contributed by atoms with Crippen LogP contribution in [0.25, 0.3) is 0 Å². The van der Waals surface area contributed by atoms with Crippen molar-refractivity contribution in [2.24, 2.45) is 0 Å². The number of nitrogens with two attached hydrogens (primary N) is 1. The molecule has 17 heavy (non-hydrogen) atoms. The molecule has 96 valence electrons. The molecule has 0 fully saturated rings. The molecule has 1 rings (SSSR count). The molecule has 0 aromatic heterocycles. The lowest BCUT2D eigenvalue weighted by molar-refractivity contribution is 0.142. The molecule has 2 N–H and O–H groups in total. The highest BCUT2D eigenvalue weighted by molar-refractivity contribution is 5.43. The molecule has 0 heterocycles. The fourth-order valence-electron chi connectivity index (χ4n) is 1.99.